The normalized spacial score (nSPS) is 15.3. The van der Waals surface area contributed by atoms with Gasteiger partial charge in [0.15, 0.2) is 0 Å². The van der Waals surface area contributed by atoms with Crippen molar-refractivity contribution in [2.75, 3.05) is 17.7 Å². The average molecular weight is 543 g/mol. The van der Waals surface area contributed by atoms with Crippen molar-refractivity contribution in [3.05, 3.63) is 112 Å². The Morgan fingerprint density at radius 3 is 2.50 bits per heavy atom. The van der Waals surface area contributed by atoms with Gasteiger partial charge >= 0.3 is 5.97 Å². The van der Waals surface area contributed by atoms with Gasteiger partial charge in [-0.15, -0.1) is 23.1 Å². The van der Waals surface area contributed by atoms with E-state index in [-0.39, 0.29) is 18.5 Å². The van der Waals surface area contributed by atoms with Crippen molar-refractivity contribution in [1.29, 1.82) is 0 Å². The number of ether oxygens (including phenoxy) is 1. The quantitative estimate of drug-likeness (QED) is 0.139. The van der Waals surface area contributed by atoms with E-state index in [0.29, 0.717) is 22.2 Å². The fraction of sp³-hybridized carbons (Fsp3) is 0.226. The molecule has 0 saturated carbocycles. The van der Waals surface area contributed by atoms with Gasteiger partial charge in [0.05, 0.1) is 12.2 Å². The maximum atomic E-state index is 13.8. The van der Waals surface area contributed by atoms with Gasteiger partial charge in [-0.1, -0.05) is 66.7 Å². The second-order valence-corrected chi connectivity index (χ2v) is 11.5. The smallest absolute Gasteiger partial charge is 0.341 e. The highest BCUT2D eigenvalue weighted by Gasteiger charge is 2.32. The molecule has 1 aromatic heterocycles. The van der Waals surface area contributed by atoms with E-state index < -0.39 is 5.25 Å². The SMILES string of the molecule is CCOC(=O)c1c(NC(=O)C(Sc2cccc(N)c2)c2ccccc2)sc2c1CCC(c1ccccc1)C2. The summed E-state index contributed by atoms with van der Waals surface area (Å²) in [5.41, 5.74) is 10.3. The molecule has 0 radical (unpaired) electrons. The van der Waals surface area contributed by atoms with Gasteiger partial charge in [0, 0.05) is 15.5 Å². The van der Waals surface area contributed by atoms with Crippen molar-refractivity contribution < 1.29 is 14.3 Å². The number of rotatable bonds is 8. The van der Waals surface area contributed by atoms with Crippen LogP contribution >= 0.6 is 23.1 Å². The Labute approximate surface area is 231 Å². The molecule has 0 saturated heterocycles. The van der Waals surface area contributed by atoms with Crippen LogP contribution in [0.4, 0.5) is 10.7 Å². The topological polar surface area (TPSA) is 81.4 Å². The van der Waals surface area contributed by atoms with Crippen LogP contribution in [0.25, 0.3) is 0 Å². The number of hydrogen-bond donors (Lipinski definition) is 2. The number of nitrogens with one attached hydrogen (secondary N) is 1. The van der Waals surface area contributed by atoms with E-state index in [1.54, 1.807) is 6.92 Å². The van der Waals surface area contributed by atoms with Crippen molar-refractivity contribution in [2.24, 2.45) is 0 Å². The van der Waals surface area contributed by atoms with Crippen LogP contribution in [0.3, 0.4) is 0 Å². The number of carbonyl (C=O) groups excluding carboxylic acids is 2. The third-order valence-corrected chi connectivity index (χ3v) is 9.12. The summed E-state index contributed by atoms with van der Waals surface area (Å²) in [5, 5.41) is 3.17. The molecule has 7 heteroatoms. The molecule has 2 atom stereocenters. The molecule has 5 nitrogen and oxygen atoms in total. The van der Waals surface area contributed by atoms with E-state index in [1.165, 1.54) is 28.7 Å². The Bertz CT molecular complexity index is 1420. The minimum atomic E-state index is -0.524. The fourth-order valence-electron chi connectivity index (χ4n) is 4.91. The zero-order valence-corrected chi connectivity index (χ0v) is 22.8. The van der Waals surface area contributed by atoms with Gasteiger partial charge in [-0.05, 0) is 67.0 Å². The molecule has 2 unspecified atom stereocenters. The van der Waals surface area contributed by atoms with Crippen LogP contribution in [0.2, 0.25) is 0 Å². The summed E-state index contributed by atoms with van der Waals surface area (Å²) in [6, 6.07) is 27.7. The number of thioether (sulfide) groups is 1. The van der Waals surface area contributed by atoms with E-state index >= 15 is 0 Å². The van der Waals surface area contributed by atoms with Gasteiger partial charge in [0.25, 0.3) is 0 Å². The van der Waals surface area contributed by atoms with E-state index in [4.69, 9.17) is 10.5 Å². The lowest BCUT2D eigenvalue weighted by molar-refractivity contribution is -0.115. The molecule has 0 fully saturated rings. The van der Waals surface area contributed by atoms with E-state index in [1.807, 2.05) is 60.7 Å². The maximum absolute atomic E-state index is 13.8. The first-order valence-corrected chi connectivity index (χ1v) is 14.5. The maximum Gasteiger partial charge on any atom is 0.341 e. The number of fused-ring (bicyclic) bond motifs is 1. The van der Waals surface area contributed by atoms with Gasteiger partial charge in [-0.2, -0.15) is 0 Å². The summed E-state index contributed by atoms with van der Waals surface area (Å²) in [6.07, 6.45) is 2.56. The molecule has 1 amide bonds. The first-order valence-electron chi connectivity index (χ1n) is 12.8. The third kappa shape index (κ3) is 5.79. The number of amides is 1. The Kier molecular flexibility index (Phi) is 8.15. The molecule has 1 heterocycles. The van der Waals surface area contributed by atoms with E-state index in [2.05, 4.69) is 29.6 Å². The van der Waals surface area contributed by atoms with Crippen LogP contribution in [-0.4, -0.2) is 18.5 Å². The third-order valence-electron chi connectivity index (χ3n) is 6.71. The fourth-order valence-corrected chi connectivity index (χ4v) is 7.32. The first-order chi connectivity index (χ1) is 18.5. The second kappa shape index (κ2) is 11.9. The number of benzene rings is 3. The molecular formula is C31H30N2O3S2. The van der Waals surface area contributed by atoms with E-state index in [9.17, 15) is 9.59 Å². The lowest BCUT2D eigenvalue weighted by Gasteiger charge is -2.23. The second-order valence-electron chi connectivity index (χ2n) is 9.25. The van der Waals surface area contributed by atoms with Crippen molar-refractivity contribution >= 4 is 45.7 Å². The number of nitrogens with two attached hydrogens (primary N) is 1. The van der Waals surface area contributed by atoms with Crippen LogP contribution < -0.4 is 11.1 Å². The molecule has 194 valence electrons. The molecule has 3 N–H and O–H groups in total. The molecule has 1 aliphatic rings. The zero-order chi connectivity index (χ0) is 26.5. The van der Waals surface area contributed by atoms with Crippen LogP contribution in [0, 0.1) is 0 Å². The number of anilines is 2. The Morgan fingerprint density at radius 1 is 1.05 bits per heavy atom. The molecule has 1 aliphatic carbocycles. The Morgan fingerprint density at radius 2 is 1.79 bits per heavy atom. The van der Waals surface area contributed by atoms with Crippen molar-refractivity contribution in [3.8, 4) is 0 Å². The van der Waals surface area contributed by atoms with Gasteiger partial charge in [0.2, 0.25) is 5.91 Å². The van der Waals surface area contributed by atoms with Gasteiger partial charge in [-0.3, -0.25) is 4.79 Å². The lowest BCUT2D eigenvalue weighted by atomic mass is 9.83. The van der Waals surface area contributed by atoms with Crippen molar-refractivity contribution in [1.82, 2.24) is 0 Å². The molecular weight excluding hydrogens is 512 g/mol. The summed E-state index contributed by atoms with van der Waals surface area (Å²) in [7, 11) is 0. The van der Waals surface area contributed by atoms with E-state index in [0.717, 1.165) is 40.2 Å². The highest BCUT2D eigenvalue weighted by molar-refractivity contribution is 8.00. The minimum absolute atomic E-state index is 0.188. The zero-order valence-electron chi connectivity index (χ0n) is 21.2. The Hall–Kier alpha value is -3.55. The minimum Gasteiger partial charge on any atom is -0.462 e. The predicted molar refractivity (Wildman–Crippen MR) is 156 cm³/mol. The standard InChI is InChI=1S/C31H30N2O3S2/c1-2-36-31(35)27-25-17-16-22(20-10-5-3-6-11-20)18-26(25)38-30(27)33-29(34)28(21-12-7-4-8-13-21)37-24-15-9-14-23(32)19-24/h3-15,19,22,28H,2,16-18,32H2,1H3,(H,33,34). The molecule has 0 aliphatic heterocycles. The highest BCUT2D eigenvalue weighted by atomic mass is 32.2. The number of esters is 1. The highest BCUT2D eigenvalue weighted by Crippen LogP contribution is 2.44. The Balaban J connectivity index is 1.46. The summed E-state index contributed by atoms with van der Waals surface area (Å²) < 4.78 is 5.44. The predicted octanol–water partition coefficient (Wildman–Crippen LogP) is 7.25. The lowest BCUT2D eigenvalue weighted by Crippen LogP contribution is -2.20. The molecule has 4 aromatic rings. The van der Waals surface area contributed by atoms with Crippen molar-refractivity contribution in [2.45, 2.75) is 42.2 Å². The van der Waals surface area contributed by atoms with Gasteiger partial charge in [0.1, 0.15) is 10.3 Å². The average Bonchev–Trinajstić information content (AvgIpc) is 3.30. The summed E-state index contributed by atoms with van der Waals surface area (Å²) in [5.74, 6) is -0.178. The molecule has 0 bridgehead atoms. The van der Waals surface area contributed by atoms with Gasteiger partial charge < -0.3 is 15.8 Å². The molecule has 38 heavy (non-hydrogen) atoms. The largest absolute Gasteiger partial charge is 0.462 e. The molecule has 0 spiro atoms. The summed E-state index contributed by atoms with van der Waals surface area (Å²) in [6.45, 7) is 2.08. The molecule has 3 aromatic carbocycles. The van der Waals surface area contributed by atoms with Crippen LogP contribution in [0.15, 0.2) is 89.8 Å². The van der Waals surface area contributed by atoms with Crippen molar-refractivity contribution in [3.63, 3.8) is 0 Å². The first kappa shape index (κ1) is 26.1. The monoisotopic (exact) mass is 542 g/mol. The van der Waals surface area contributed by atoms with Crippen LogP contribution in [0.5, 0.6) is 0 Å². The van der Waals surface area contributed by atoms with Crippen LogP contribution in [-0.2, 0) is 22.4 Å². The summed E-state index contributed by atoms with van der Waals surface area (Å²) >= 11 is 2.94. The summed E-state index contributed by atoms with van der Waals surface area (Å²) in [4.78, 5) is 29.0. The van der Waals surface area contributed by atoms with Gasteiger partial charge in [-0.25, -0.2) is 4.79 Å². The number of nitrogen functional groups attached to an aromatic ring is 1. The molecule has 5 rings (SSSR count). The van der Waals surface area contributed by atoms with Crippen LogP contribution in [0.1, 0.15) is 56.4 Å². The number of thiophene rings is 1. The number of carbonyl (C=O) groups is 2. The number of hydrogen-bond acceptors (Lipinski definition) is 6.